The van der Waals surface area contributed by atoms with E-state index in [2.05, 4.69) is 10.2 Å². The van der Waals surface area contributed by atoms with Crippen molar-refractivity contribution in [3.8, 4) is 0 Å². The van der Waals surface area contributed by atoms with Gasteiger partial charge in [0.15, 0.2) is 0 Å². The molecular formula is C13H26N2O2. The number of nitrogens with one attached hydrogen (secondary N) is 1. The molecule has 1 N–H and O–H groups in total. The largest absolute Gasteiger partial charge is 0.469 e. The van der Waals surface area contributed by atoms with Gasteiger partial charge in [0.2, 0.25) is 0 Å². The third-order valence-electron chi connectivity index (χ3n) is 3.70. The number of hydrogen-bond acceptors (Lipinski definition) is 4. The van der Waals surface area contributed by atoms with Crippen LogP contribution in [0.4, 0.5) is 0 Å². The summed E-state index contributed by atoms with van der Waals surface area (Å²) in [4.78, 5) is 14.1. The molecular weight excluding hydrogens is 216 g/mol. The van der Waals surface area contributed by atoms with Crippen LogP contribution in [0.3, 0.4) is 0 Å². The number of hydrogen-bond donors (Lipinski definition) is 1. The van der Waals surface area contributed by atoms with E-state index in [1.807, 2.05) is 20.9 Å². The van der Waals surface area contributed by atoms with E-state index in [1.165, 1.54) is 20.0 Å². The van der Waals surface area contributed by atoms with Gasteiger partial charge in [-0.1, -0.05) is 0 Å². The van der Waals surface area contributed by atoms with Gasteiger partial charge in [0.25, 0.3) is 0 Å². The summed E-state index contributed by atoms with van der Waals surface area (Å²) < 4.78 is 4.83. The van der Waals surface area contributed by atoms with Crippen molar-refractivity contribution in [1.82, 2.24) is 10.2 Å². The van der Waals surface area contributed by atoms with Crippen LogP contribution in [0, 0.1) is 5.41 Å². The predicted octanol–water partition coefficient (Wildman–Crippen LogP) is 1.26. The maximum Gasteiger partial charge on any atom is 0.311 e. The van der Waals surface area contributed by atoms with Crippen molar-refractivity contribution >= 4 is 5.97 Å². The Kier molecular flexibility index (Phi) is 5.40. The van der Waals surface area contributed by atoms with E-state index in [9.17, 15) is 4.79 Å². The van der Waals surface area contributed by atoms with Gasteiger partial charge in [-0.05, 0) is 53.2 Å². The average molecular weight is 242 g/mol. The maximum atomic E-state index is 11.6. The van der Waals surface area contributed by atoms with Crippen molar-refractivity contribution in [1.29, 1.82) is 0 Å². The molecule has 1 atom stereocenters. The Labute approximate surface area is 105 Å². The number of esters is 1. The van der Waals surface area contributed by atoms with Gasteiger partial charge >= 0.3 is 5.97 Å². The molecule has 0 aliphatic carbocycles. The van der Waals surface area contributed by atoms with E-state index < -0.39 is 0 Å². The van der Waals surface area contributed by atoms with E-state index in [-0.39, 0.29) is 11.4 Å². The summed E-state index contributed by atoms with van der Waals surface area (Å²) in [7, 11) is 3.46. The lowest BCUT2D eigenvalue weighted by molar-refractivity contribution is -0.151. The molecule has 0 spiro atoms. The molecule has 0 aromatic carbocycles. The van der Waals surface area contributed by atoms with Gasteiger partial charge in [0.1, 0.15) is 0 Å². The summed E-state index contributed by atoms with van der Waals surface area (Å²) in [5.41, 5.74) is -0.373. The standard InChI is InChI=1S/C13H26N2O2/c1-13(2,12(16)17-4)7-9-15-8-5-6-11(15)10-14-3/h11,14H,5-10H2,1-4H3. The van der Waals surface area contributed by atoms with Crippen LogP contribution in [0.5, 0.6) is 0 Å². The van der Waals surface area contributed by atoms with Crippen LogP contribution in [0.2, 0.25) is 0 Å². The summed E-state index contributed by atoms with van der Waals surface area (Å²) in [6.45, 7) is 7.10. The second kappa shape index (κ2) is 6.36. The highest BCUT2D eigenvalue weighted by Gasteiger charge is 2.31. The first kappa shape index (κ1) is 14.5. The molecule has 0 amide bonds. The molecule has 4 nitrogen and oxygen atoms in total. The van der Waals surface area contributed by atoms with Crippen molar-refractivity contribution in [2.75, 3.05) is 33.8 Å². The van der Waals surface area contributed by atoms with E-state index >= 15 is 0 Å². The molecule has 1 aliphatic rings. The molecule has 1 fully saturated rings. The molecule has 1 rings (SSSR count). The Balaban J connectivity index is 2.41. The first-order valence-electron chi connectivity index (χ1n) is 6.48. The lowest BCUT2D eigenvalue weighted by Crippen LogP contribution is -2.39. The topological polar surface area (TPSA) is 41.6 Å². The van der Waals surface area contributed by atoms with Crippen molar-refractivity contribution in [2.24, 2.45) is 5.41 Å². The summed E-state index contributed by atoms with van der Waals surface area (Å²) >= 11 is 0. The summed E-state index contributed by atoms with van der Waals surface area (Å²) in [5, 5.41) is 3.24. The molecule has 0 aromatic heterocycles. The lowest BCUT2D eigenvalue weighted by Gasteiger charge is -2.28. The predicted molar refractivity (Wildman–Crippen MR) is 68.9 cm³/mol. The smallest absolute Gasteiger partial charge is 0.311 e. The normalized spacial score (nSPS) is 21.8. The molecule has 0 aromatic rings. The molecule has 1 heterocycles. The Hall–Kier alpha value is -0.610. The Morgan fingerprint density at radius 3 is 2.82 bits per heavy atom. The highest BCUT2D eigenvalue weighted by molar-refractivity contribution is 5.75. The fraction of sp³-hybridized carbons (Fsp3) is 0.923. The zero-order valence-electron chi connectivity index (χ0n) is 11.6. The van der Waals surface area contributed by atoms with E-state index in [0.29, 0.717) is 6.04 Å². The van der Waals surface area contributed by atoms with Gasteiger partial charge in [0, 0.05) is 12.6 Å². The summed E-state index contributed by atoms with van der Waals surface area (Å²) in [6, 6.07) is 0.633. The molecule has 0 bridgehead atoms. The lowest BCUT2D eigenvalue weighted by atomic mass is 9.89. The zero-order chi connectivity index (χ0) is 12.9. The Morgan fingerprint density at radius 2 is 2.24 bits per heavy atom. The minimum atomic E-state index is -0.373. The number of likely N-dealkylation sites (N-methyl/N-ethyl adjacent to an activating group) is 1. The van der Waals surface area contributed by atoms with Gasteiger partial charge in [-0.15, -0.1) is 0 Å². The molecule has 100 valence electrons. The van der Waals surface area contributed by atoms with Gasteiger partial charge in [-0.25, -0.2) is 0 Å². The summed E-state index contributed by atoms with van der Waals surface area (Å²) in [5.74, 6) is -0.109. The van der Waals surface area contributed by atoms with Crippen LogP contribution in [-0.4, -0.2) is 50.7 Å². The Bertz CT molecular complexity index is 254. The third-order valence-corrected chi connectivity index (χ3v) is 3.70. The van der Waals surface area contributed by atoms with Crippen molar-refractivity contribution in [3.63, 3.8) is 0 Å². The van der Waals surface area contributed by atoms with Crippen molar-refractivity contribution < 1.29 is 9.53 Å². The van der Waals surface area contributed by atoms with E-state index in [0.717, 1.165) is 26.1 Å². The molecule has 1 saturated heterocycles. The van der Waals surface area contributed by atoms with Crippen LogP contribution < -0.4 is 5.32 Å². The number of rotatable bonds is 6. The van der Waals surface area contributed by atoms with Crippen molar-refractivity contribution in [2.45, 2.75) is 39.2 Å². The number of methoxy groups -OCH3 is 1. The number of carbonyl (C=O) groups is 1. The second-order valence-electron chi connectivity index (χ2n) is 5.52. The number of nitrogens with zero attached hydrogens (tertiary/aromatic N) is 1. The number of carbonyl (C=O) groups excluding carboxylic acids is 1. The van der Waals surface area contributed by atoms with Crippen LogP contribution in [0.1, 0.15) is 33.1 Å². The van der Waals surface area contributed by atoms with Crippen LogP contribution >= 0.6 is 0 Å². The number of ether oxygens (including phenoxy) is 1. The van der Waals surface area contributed by atoms with E-state index in [4.69, 9.17) is 4.74 Å². The molecule has 0 saturated carbocycles. The highest BCUT2D eigenvalue weighted by atomic mass is 16.5. The van der Waals surface area contributed by atoms with E-state index in [1.54, 1.807) is 0 Å². The molecule has 1 aliphatic heterocycles. The van der Waals surface area contributed by atoms with Crippen LogP contribution in [-0.2, 0) is 9.53 Å². The van der Waals surface area contributed by atoms with Gasteiger partial charge in [-0.3, -0.25) is 9.69 Å². The molecule has 17 heavy (non-hydrogen) atoms. The summed E-state index contributed by atoms with van der Waals surface area (Å²) in [6.07, 6.45) is 3.39. The third kappa shape index (κ3) is 3.96. The monoisotopic (exact) mass is 242 g/mol. The van der Waals surface area contributed by atoms with Gasteiger partial charge < -0.3 is 10.1 Å². The quantitative estimate of drug-likeness (QED) is 0.712. The zero-order valence-corrected chi connectivity index (χ0v) is 11.6. The average Bonchev–Trinajstić information content (AvgIpc) is 2.73. The van der Waals surface area contributed by atoms with Gasteiger partial charge in [0.05, 0.1) is 12.5 Å². The maximum absolute atomic E-state index is 11.6. The second-order valence-corrected chi connectivity index (χ2v) is 5.52. The minimum Gasteiger partial charge on any atom is -0.469 e. The van der Waals surface area contributed by atoms with Crippen LogP contribution in [0.15, 0.2) is 0 Å². The highest BCUT2D eigenvalue weighted by Crippen LogP contribution is 2.25. The number of likely N-dealkylation sites (tertiary alicyclic amines) is 1. The van der Waals surface area contributed by atoms with Crippen molar-refractivity contribution in [3.05, 3.63) is 0 Å². The SMILES string of the molecule is CNCC1CCCN1CCC(C)(C)C(=O)OC. The first-order chi connectivity index (χ1) is 8.01. The fourth-order valence-electron chi connectivity index (χ4n) is 2.46. The van der Waals surface area contributed by atoms with Crippen LogP contribution in [0.25, 0.3) is 0 Å². The molecule has 1 unspecified atom stereocenters. The van der Waals surface area contributed by atoms with Gasteiger partial charge in [-0.2, -0.15) is 0 Å². The molecule has 4 heteroatoms. The Morgan fingerprint density at radius 1 is 1.53 bits per heavy atom. The fourth-order valence-corrected chi connectivity index (χ4v) is 2.46. The minimum absolute atomic E-state index is 0.109. The first-order valence-corrected chi connectivity index (χ1v) is 6.48. The molecule has 0 radical (unpaired) electrons.